The van der Waals surface area contributed by atoms with Crippen LogP contribution >= 0.6 is 0 Å². The van der Waals surface area contributed by atoms with Crippen LogP contribution in [0.15, 0.2) is 24.3 Å². The molecule has 1 aliphatic rings. The Morgan fingerprint density at radius 1 is 1.33 bits per heavy atom. The van der Waals surface area contributed by atoms with Gasteiger partial charge in [-0.05, 0) is 38.8 Å². The lowest BCUT2D eigenvalue weighted by Gasteiger charge is -2.22. The maximum absolute atomic E-state index is 12.2. The summed E-state index contributed by atoms with van der Waals surface area (Å²) in [6, 6.07) is 7.00. The van der Waals surface area contributed by atoms with E-state index in [2.05, 4.69) is 5.32 Å². The molecular weight excluding hydrogens is 230 g/mol. The Kier molecular flexibility index (Phi) is 3.48. The Bertz CT molecular complexity index is 476. The standard InChI is InChI=1S/C14H17NO3/c1-10(16)11-6-3-4-7-12(11)15-13(17)14(2)8-5-9-18-14/h3-4,6-7H,5,8-9H2,1-2H3,(H,15,17). The Morgan fingerprint density at radius 2 is 2.06 bits per heavy atom. The zero-order valence-electron chi connectivity index (χ0n) is 10.7. The molecule has 0 bridgehead atoms. The van der Waals surface area contributed by atoms with Crippen LogP contribution < -0.4 is 5.32 Å². The summed E-state index contributed by atoms with van der Waals surface area (Å²) >= 11 is 0. The van der Waals surface area contributed by atoms with Gasteiger partial charge in [0.1, 0.15) is 5.60 Å². The maximum Gasteiger partial charge on any atom is 0.256 e. The van der Waals surface area contributed by atoms with Crippen molar-refractivity contribution < 1.29 is 14.3 Å². The van der Waals surface area contributed by atoms with Crippen molar-refractivity contribution in [1.29, 1.82) is 0 Å². The van der Waals surface area contributed by atoms with Gasteiger partial charge in [-0.2, -0.15) is 0 Å². The number of carbonyl (C=O) groups is 2. The number of ketones is 1. The van der Waals surface area contributed by atoms with E-state index in [1.807, 2.05) is 0 Å². The number of anilines is 1. The minimum Gasteiger partial charge on any atom is -0.365 e. The van der Waals surface area contributed by atoms with Gasteiger partial charge in [-0.25, -0.2) is 0 Å². The van der Waals surface area contributed by atoms with Crippen LogP contribution in [0.3, 0.4) is 0 Å². The highest BCUT2D eigenvalue weighted by Gasteiger charge is 2.37. The Morgan fingerprint density at radius 3 is 2.67 bits per heavy atom. The first-order valence-electron chi connectivity index (χ1n) is 6.08. The quantitative estimate of drug-likeness (QED) is 0.834. The minimum atomic E-state index is -0.774. The molecule has 1 fully saturated rings. The second-order valence-corrected chi connectivity index (χ2v) is 4.74. The summed E-state index contributed by atoms with van der Waals surface area (Å²) in [4.78, 5) is 23.6. The van der Waals surface area contributed by atoms with Gasteiger partial charge >= 0.3 is 0 Å². The molecule has 1 saturated heterocycles. The third-order valence-corrected chi connectivity index (χ3v) is 3.25. The van der Waals surface area contributed by atoms with Crippen molar-refractivity contribution in [3.8, 4) is 0 Å². The molecule has 0 radical (unpaired) electrons. The number of benzene rings is 1. The molecule has 4 heteroatoms. The van der Waals surface area contributed by atoms with Crippen LogP contribution in [0.4, 0.5) is 5.69 Å². The van der Waals surface area contributed by atoms with Crippen molar-refractivity contribution in [3.63, 3.8) is 0 Å². The largest absolute Gasteiger partial charge is 0.365 e. The van der Waals surface area contributed by atoms with Crippen molar-refractivity contribution in [1.82, 2.24) is 0 Å². The van der Waals surface area contributed by atoms with Crippen LogP contribution in [0.25, 0.3) is 0 Å². The van der Waals surface area contributed by atoms with Gasteiger partial charge in [0.25, 0.3) is 5.91 Å². The molecule has 1 heterocycles. The zero-order chi connectivity index (χ0) is 13.2. The lowest BCUT2D eigenvalue weighted by Crippen LogP contribution is -2.39. The smallest absolute Gasteiger partial charge is 0.256 e. The molecule has 2 rings (SSSR count). The molecule has 1 aliphatic heterocycles. The van der Waals surface area contributed by atoms with Crippen molar-refractivity contribution in [2.24, 2.45) is 0 Å². The molecule has 0 spiro atoms. The van der Waals surface area contributed by atoms with Crippen LogP contribution in [0.1, 0.15) is 37.0 Å². The third kappa shape index (κ3) is 2.43. The molecule has 0 aliphatic carbocycles. The summed E-state index contributed by atoms with van der Waals surface area (Å²) in [5.74, 6) is -0.253. The molecule has 0 aromatic heterocycles. The average molecular weight is 247 g/mol. The number of Topliss-reactive ketones (excluding diaryl/α,β-unsaturated/α-hetero) is 1. The fraction of sp³-hybridized carbons (Fsp3) is 0.429. The number of para-hydroxylation sites is 1. The number of nitrogens with one attached hydrogen (secondary N) is 1. The number of ether oxygens (including phenoxy) is 1. The summed E-state index contributed by atoms with van der Waals surface area (Å²) < 4.78 is 5.48. The Hall–Kier alpha value is -1.68. The van der Waals surface area contributed by atoms with Crippen LogP contribution in [0.5, 0.6) is 0 Å². The molecule has 4 nitrogen and oxygen atoms in total. The van der Waals surface area contributed by atoms with E-state index in [0.29, 0.717) is 24.3 Å². The maximum atomic E-state index is 12.2. The second-order valence-electron chi connectivity index (χ2n) is 4.74. The van der Waals surface area contributed by atoms with Crippen molar-refractivity contribution in [2.45, 2.75) is 32.3 Å². The summed E-state index contributed by atoms with van der Waals surface area (Å²) in [6.45, 7) is 3.88. The summed E-state index contributed by atoms with van der Waals surface area (Å²) in [6.07, 6.45) is 1.60. The van der Waals surface area contributed by atoms with Gasteiger partial charge in [-0.1, -0.05) is 12.1 Å². The highest BCUT2D eigenvalue weighted by atomic mass is 16.5. The molecule has 1 atom stereocenters. The van der Waals surface area contributed by atoms with E-state index >= 15 is 0 Å². The Labute approximate surface area is 106 Å². The average Bonchev–Trinajstić information content (AvgIpc) is 2.78. The molecule has 96 valence electrons. The monoisotopic (exact) mass is 247 g/mol. The van der Waals surface area contributed by atoms with Gasteiger partial charge in [0, 0.05) is 12.2 Å². The van der Waals surface area contributed by atoms with Gasteiger partial charge in [0.05, 0.1) is 5.69 Å². The summed E-state index contributed by atoms with van der Waals surface area (Å²) in [7, 11) is 0. The molecule has 1 N–H and O–H groups in total. The predicted molar refractivity (Wildman–Crippen MR) is 68.7 cm³/mol. The van der Waals surface area contributed by atoms with Gasteiger partial charge in [-0.15, -0.1) is 0 Å². The van der Waals surface area contributed by atoms with Crippen LogP contribution in [-0.2, 0) is 9.53 Å². The van der Waals surface area contributed by atoms with E-state index in [1.54, 1.807) is 31.2 Å². The highest BCUT2D eigenvalue weighted by Crippen LogP contribution is 2.27. The van der Waals surface area contributed by atoms with Gasteiger partial charge < -0.3 is 10.1 Å². The van der Waals surface area contributed by atoms with Crippen molar-refractivity contribution in [2.75, 3.05) is 11.9 Å². The van der Waals surface area contributed by atoms with Crippen LogP contribution in [0, 0.1) is 0 Å². The van der Waals surface area contributed by atoms with Crippen molar-refractivity contribution >= 4 is 17.4 Å². The summed E-state index contributed by atoms with van der Waals surface area (Å²) in [5, 5.41) is 2.79. The van der Waals surface area contributed by atoms with Gasteiger partial charge in [0.2, 0.25) is 0 Å². The molecular formula is C14H17NO3. The molecule has 1 unspecified atom stereocenters. The van der Waals surface area contributed by atoms with E-state index in [1.165, 1.54) is 6.92 Å². The molecule has 1 aromatic carbocycles. The molecule has 0 saturated carbocycles. The lowest BCUT2D eigenvalue weighted by molar-refractivity contribution is -0.133. The van der Waals surface area contributed by atoms with Crippen LogP contribution in [-0.4, -0.2) is 23.9 Å². The van der Waals surface area contributed by atoms with Crippen molar-refractivity contribution in [3.05, 3.63) is 29.8 Å². The third-order valence-electron chi connectivity index (χ3n) is 3.25. The minimum absolute atomic E-state index is 0.0663. The first kappa shape index (κ1) is 12.8. The van der Waals surface area contributed by atoms with E-state index in [0.717, 1.165) is 6.42 Å². The van der Waals surface area contributed by atoms with Gasteiger partial charge in [0.15, 0.2) is 5.78 Å². The number of amides is 1. The topological polar surface area (TPSA) is 55.4 Å². The molecule has 1 amide bonds. The van der Waals surface area contributed by atoms with E-state index in [9.17, 15) is 9.59 Å². The lowest BCUT2D eigenvalue weighted by atomic mass is 10.0. The number of hydrogen-bond acceptors (Lipinski definition) is 3. The number of rotatable bonds is 3. The zero-order valence-corrected chi connectivity index (χ0v) is 10.7. The number of carbonyl (C=O) groups excluding carboxylic acids is 2. The van der Waals surface area contributed by atoms with E-state index in [4.69, 9.17) is 4.74 Å². The first-order chi connectivity index (χ1) is 8.53. The molecule has 18 heavy (non-hydrogen) atoms. The van der Waals surface area contributed by atoms with Crippen LogP contribution in [0.2, 0.25) is 0 Å². The SMILES string of the molecule is CC(=O)c1ccccc1NC(=O)C1(C)CCCO1. The normalized spacial score (nSPS) is 22.8. The Balaban J connectivity index is 2.19. The fourth-order valence-electron chi connectivity index (χ4n) is 2.11. The van der Waals surface area contributed by atoms with E-state index < -0.39 is 5.60 Å². The first-order valence-corrected chi connectivity index (χ1v) is 6.08. The molecule has 1 aromatic rings. The highest BCUT2D eigenvalue weighted by molar-refractivity contribution is 6.05. The number of hydrogen-bond donors (Lipinski definition) is 1. The second kappa shape index (κ2) is 4.90. The predicted octanol–water partition coefficient (Wildman–Crippen LogP) is 2.40. The summed E-state index contributed by atoms with van der Waals surface area (Å²) in [5.41, 5.74) is 0.295. The fourth-order valence-corrected chi connectivity index (χ4v) is 2.11. The van der Waals surface area contributed by atoms with E-state index in [-0.39, 0.29) is 11.7 Å². The van der Waals surface area contributed by atoms with Gasteiger partial charge in [-0.3, -0.25) is 9.59 Å².